The number of carbonyl (C=O) groups is 1. The molecule has 6 nitrogen and oxygen atoms in total. The van der Waals surface area contributed by atoms with Gasteiger partial charge in [-0.05, 0) is 43.9 Å². The smallest absolute Gasteiger partial charge is 0.218 e. The van der Waals surface area contributed by atoms with E-state index in [1.165, 1.54) is 6.20 Å². The molecule has 0 bridgehead atoms. The summed E-state index contributed by atoms with van der Waals surface area (Å²) < 4.78 is 20.9. The highest BCUT2D eigenvalue weighted by molar-refractivity contribution is 6.32. The summed E-state index contributed by atoms with van der Waals surface area (Å²) in [6.45, 7) is 1.85. The monoisotopic (exact) mass is 392 g/mol. The molecule has 0 unspecified atom stereocenters. The van der Waals surface area contributed by atoms with Crippen molar-refractivity contribution < 1.29 is 13.9 Å². The zero-order valence-corrected chi connectivity index (χ0v) is 15.7. The van der Waals surface area contributed by atoms with Crippen molar-refractivity contribution in [1.29, 1.82) is 0 Å². The first kappa shape index (κ1) is 19.4. The van der Waals surface area contributed by atoms with E-state index in [0.29, 0.717) is 23.0 Å². The van der Waals surface area contributed by atoms with Crippen LogP contribution in [0.4, 0.5) is 10.2 Å². The van der Waals surface area contributed by atoms with Gasteiger partial charge in [-0.1, -0.05) is 17.7 Å². The summed E-state index contributed by atoms with van der Waals surface area (Å²) in [5, 5.41) is 3.48. The summed E-state index contributed by atoms with van der Waals surface area (Å²) in [6, 6.07) is 5.99. The van der Waals surface area contributed by atoms with Gasteiger partial charge >= 0.3 is 0 Å². The number of amides is 1. The lowest BCUT2D eigenvalue weighted by Crippen LogP contribution is -2.35. The van der Waals surface area contributed by atoms with Crippen LogP contribution >= 0.6 is 11.6 Å². The Bertz CT molecular complexity index is 827. The number of rotatable bonds is 8. The normalized spacial score (nSPS) is 16.0. The highest BCUT2D eigenvalue weighted by Gasteiger charge is 2.35. The van der Waals surface area contributed by atoms with E-state index in [1.807, 2.05) is 6.92 Å². The van der Waals surface area contributed by atoms with Crippen LogP contribution in [0.5, 0.6) is 11.5 Å². The van der Waals surface area contributed by atoms with Gasteiger partial charge in [-0.25, -0.2) is 9.37 Å². The average molecular weight is 393 g/mol. The zero-order valence-electron chi connectivity index (χ0n) is 14.9. The van der Waals surface area contributed by atoms with Crippen LogP contribution in [0.1, 0.15) is 37.8 Å². The Morgan fingerprint density at radius 2 is 2.15 bits per heavy atom. The predicted molar refractivity (Wildman–Crippen MR) is 102 cm³/mol. The second-order valence-corrected chi connectivity index (χ2v) is 7.26. The van der Waals surface area contributed by atoms with Crippen molar-refractivity contribution in [2.45, 2.75) is 38.3 Å². The molecule has 0 spiro atoms. The number of primary amides is 1. The van der Waals surface area contributed by atoms with Gasteiger partial charge in [-0.2, -0.15) is 0 Å². The number of hydrogen-bond donors (Lipinski definition) is 3. The molecule has 1 aromatic carbocycles. The number of benzene rings is 1. The lowest BCUT2D eigenvalue weighted by Gasteiger charge is -2.24. The molecule has 1 amide bonds. The molecular weight excluding hydrogens is 371 g/mol. The molecule has 1 aromatic heterocycles. The fourth-order valence-electron chi connectivity index (χ4n) is 3.03. The summed E-state index contributed by atoms with van der Waals surface area (Å²) in [5.41, 5.74) is 11.3. The van der Waals surface area contributed by atoms with Crippen LogP contribution in [0.15, 0.2) is 30.5 Å². The molecule has 3 rings (SSSR count). The SMILES string of the molecule is C[C@@H](CC(N)=O)N[C@@H](c1ccc(Cl)c(Oc2ccc(N)nc2)c1F)C1CC1. The van der Waals surface area contributed by atoms with Crippen molar-refractivity contribution in [1.82, 2.24) is 10.3 Å². The Kier molecular flexibility index (Phi) is 5.82. The number of ether oxygens (including phenoxy) is 1. The first-order valence-corrected chi connectivity index (χ1v) is 9.14. The van der Waals surface area contributed by atoms with E-state index in [-0.39, 0.29) is 29.3 Å². The molecule has 27 heavy (non-hydrogen) atoms. The van der Waals surface area contributed by atoms with Crippen molar-refractivity contribution in [2.75, 3.05) is 5.73 Å². The van der Waals surface area contributed by atoms with E-state index in [4.69, 9.17) is 27.8 Å². The van der Waals surface area contributed by atoms with Crippen molar-refractivity contribution >= 4 is 23.3 Å². The van der Waals surface area contributed by atoms with Crippen LogP contribution in [0.3, 0.4) is 0 Å². The quantitative estimate of drug-likeness (QED) is 0.637. The van der Waals surface area contributed by atoms with Gasteiger partial charge in [0.15, 0.2) is 11.6 Å². The van der Waals surface area contributed by atoms with Crippen LogP contribution in [0, 0.1) is 11.7 Å². The Labute approximate surface area is 162 Å². The summed E-state index contributed by atoms with van der Waals surface area (Å²) in [6.07, 6.45) is 3.56. The van der Waals surface area contributed by atoms with Crippen LogP contribution in [0.2, 0.25) is 5.02 Å². The average Bonchev–Trinajstić information content (AvgIpc) is 3.43. The minimum absolute atomic E-state index is 0.0595. The summed E-state index contributed by atoms with van der Waals surface area (Å²) >= 11 is 6.17. The van der Waals surface area contributed by atoms with Crippen molar-refractivity contribution in [3.8, 4) is 11.5 Å². The van der Waals surface area contributed by atoms with Crippen LogP contribution in [-0.2, 0) is 4.79 Å². The molecule has 5 N–H and O–H groups in total. The number of nitrogen functional groups attached to an aromatic ring is 1. The van der Waals surface area contributed by atoms with Gasteiger partial charge in [0.25, 0.3) is 0 Å². The molecule has 2 atom stereocenters. The van der Waals surface area contributed by atoms with Gasteiger partial charge in [-0.3, -0.25) is 4.79 Å². The lowest BCUT2D eigenvalue weighted by atomic mass is 9.99. The fourth-order valence-corrected chi connectivity index (χ4v) is 3.21. The van der Waals surface area contributed by atoms with Crippen molar-refractivity contribution in [3.05, 3.63) is 46.9 Å². The third-order valence-electron chi connectivity index (χ3n) is 4.46. The second kappa shape index (κ2) is 8.10. The molecular formula is C19H22ClFN4O2. The maximum atomic E-state index is 15.3. The van der Waals surface area contributed by atoms with Gasteiger partial charge < -0.3 is 21.5 Å². The molecule has 8 heteroatoms. The van der Waals surface area contributed by atoms with E-state index in [9.17, 15) is 4.79 Å². The largest absolute Gasteiger partial charge is 0.451 e. The number of anilines is 1. The van der Waals surface area contributed by atoms with Gasteiger partial charge in [-0.15, -0.1) is 0 Å². The van der Waals surface area contributed by atoms with Crippen LogP contribution < -0.4 is 21.5 Å². The number of nitrogens with two attached hydrogens (primary N) is 2. The molecule has 144 valence electrons. The third-order valence-corrected chi connectivity index (χ3v) is 4.76. The Hall–Kier alpha value is -2.38. The van der Waals surface area contributed by atoms with Crippen LogP contribution in [0.25, 0.3) is 0 Å². The Balaban J connectivity index is 1.88. The Morgan fingerprint density at radius 1 is 1.41 bits per heavy atom. The molecule has 1 fully saturated rings. The summed E-state index contributed by atoms with van der Waals surface area (Å²) in [4.78, 5) is 15.1. The first-order valence-electron chi connectivity index (χ1n) is 8.76. The zero-order chi connectivity index (χ0) is 19.6. The standard InChI is InChI=1S/C19H22ClFN4O2/c1-10(8-16(23)26)25-18(11-2-3-11)13-5-6-14(20)19(17(13)21)27-12-4-7-15(22)24-9-12/h4-7,9-11,18,25H,2-3,8H2,1H3,(H2,22,24)(H2,23,26)/t10-,18+/m0/s1. The van der Waals surface area contributed by atoms with E-state index >= 15 is 4.39 Å². The molecule has 0 saturated heterocycles. The number of aromatic nitrogens is 1. The van der Waals surface area contributed by atoms with Gasteiger partial charge in [0.05, 0.1) is 11.2 Å². The number of nitrogens with one attached hydrogen (secondary N) is 1. The van der Waals surface area contributed by atoms with Gasteiger partial charge in [0.1, 0.15) is 11.6 Å². The maximum Gasteiger partial charge on any atom is 0.218 e. The van der Waals surface area contributed by atoms with E-state index in [1.54, 1.807) is 24.3 Å². The highest BCUT2D eigenvalue weighted by Crippen LogP contribution is 2.45. The molecule has 0 aliphatic heterocycles. The van der Waals surface area contributed by atoms with Crippen LogP contribution in [-0.4, -0.2) is 16.9 Å². The highest BCUT2D eigenvalue weighted by atomic mass is 35.5. The molecule has 1 aliphatic rings. The molecule has 0 radical (unpaired) electrons. The minimum atomic E-state index is -0.532. The van der Waals surface area contributed by atoms with E-state index < -0.39 is 11.7 Å². The molecule has 2 aromatic rings. The lowest BCUT2D eigenvalue weighted by molar-refractivity contribution is -0.118. The minimum Gasteiger partial charge on any atom is -0.451 e. The number of halogens is 2. The second-order valence-electron chi connectivity index (χ2n) is 6.85. The number of carbonyl (C=O) groups excluding carboxylic acids is 1. The Morgan fingerprint density at radius 3 is 2.74 bits per heavy atom. The third kappa shape index (κ3) is 4.87. The van der Waals surface area contributed by atoms with Gasteiger partial charge in [0, 0.05) is 24.1 Å². The van der Waals surface area contributed by atoms with E-state index in [2.05, 4.69) is 10.3 Å². The molecule has 1 heterocycles. The molecule has 1 aliphatic carbocycles. The van der Waals surface area contributed by atoms with Crippen molar-refractivity contribution in [3.63, 3.8) is 0 Å². The van der Waals surface area contributed by atoms with Gasteiger partial charge in [0.2, 0.25) is 5.91 Å². The summed E-state index contributed by atoms with van der Waals surface area (Å²) in [7, 11) is 0. The molecule has 1 saturated carbocycles. The number of pyridine rings is 1. The topological polar surface area (TPSA) is 103 Å². The fraction of sp³-hybridized carbons (Fsp3) is 0.368. The number of nitrogens with zero attached hydrogens (tertiary/aromatic N) is 1. The predicted octanol–water partition coefficient (Wildman–Crippen LogP) is 3.55. The van der Waals surface area contributed by atoms with E-state index in [0.717, 1.165) is 12.8 Å². The number of hydrogen-bond acceptors (Lipinski definition) is 5. The van der Waals surface area contributed by atoms with Crippen molar-refractivity contribution in [2.24, 2.45) is 11.7 Å². The summed E-state index contributed by atoms with van der Waals surface area (Å²) in [5.74, 6) is -0.0296. The maximum absolute atomic E-state index is 15.3. The first-order chi connectivity index (χ1) is 12.8.